The molecule has 1 aliphatic heterocycles. The van der Waals surface area contributed by atoms with Gasteiger partial charge in [-0.2, -0.15) is 0 Å². The molecule has 6 nitrogen and oxygen atoms in total. The Hall–Kier alpha value is -1.73. The summed E-state index contributed by atoms with van der Waals surface area (Å²) in [6.07, 6.45) is 2.36. The van der Waals surface area contributed by atoms with E-state index in [0.717, 1.165) is 19.0 Å². The molecular weight excluding hydrogens is 314 g/mol. The van der Waals surface area contributed by atoms with Crippen LogP contribution in [0.5, 0.6) is 0 Å². The van der Waals surface area contributed by atoms with E-state index in [0.29, 0.717) is 33.0 Å². The van der Waals surface area contributed by atoms with Crippen molar-refractivity contribution in [3.63, 3.8) is 0 Å². The predicted octanol–water partition coefficient (Wildman–Crippen LogP) is 2.31. The Balaban J connectivity index is 1.92. The van der Waals surface area contributed by atoms with Crippen molar-refractivity contribution < 1.29 is 9.53 Å². The zero-order valence-electron chi connectivity index (χ0n) is 13.6. The molecule has 7 heteroatoms. The molecule has 1 fully saturated rings. The standard InChI is InChI=1S/C16H21N3O3S/c1-9-4-6-19(7-5-9)8-11-17-14(20)12-10(2)13(16(21)22-3)23-15(12)18-11/h9H,4-8H2,1-3H3,(H,17,18,20). The molecule has 0 saturated carbocycles. The summed E-state index contributed by atoms with van der Waals surface area (Å²) in [6.45, 7) is 6.72. The molecule has 0 bridgehead atoms. The highest BCUT2D eigenvalue weighted by molar-refractivity contribution is 7.20. The van der Waals surface area contributed by atoms with Crippen LogP contribution in [0.4, 0.5) is 0 Å². The van der Waals surface area contributed by atoms with Crippen molar-refractivity contribution in [3.8, 4) is 0 Å². The fourth-order valence-corrected chi connectivity index (χ4v) is 4.10. The van der Waals surface area contributed by atoms with Gasteiger partial charge in [-0.15, -0.1) is 11.3 Å². The molecule has 0 radical (unpaired) electrons. The molecule has 2 aromatic heterocycles. The molecule has 0 amide bonds. The maximum atomic E-state index is 12.4. The summed E-state index contributed by atoms with van der Waals surface area (Å²) in [5.74, 6) is 1.01. The maximum absolute atomic E-state index is 12.4. The quantitative estimate of drug-likeness (QED) is 0.871. The number of thiophene rings is 1. The van der Waals surface area contributed by atoms with E-state index in [1.54, 1.807) is 6.92 Å². The average Bonchev–Trinajstić information content (AvgIpc) is 2.86. The average molecular weight is 335 g/mol. The van der Waals surface area contributed by atoms with Crippen LogP contribution in [-0.4, -0.2) is 41.0 Å². The molecule has 1 N–H and O–H groups in total. The van der Waals surface area contributed by atoms with Gasteiger partial charge in [-0.05, 0) is 44.3 Å². The van der Waals surface area contributed by atoms with Crippen molar-refractivity contribution in [1.29, 1.82) is 0 Å². The Kier molecular flexibility index (Phi) is 4.50. The number of ether oxygens (including phenoxy) is 1. The largest absolute Gasteiger partial charge is 0.465 e. The van der Waals surface area contributed by atoms with Crippen LogP contribution in [0.15, 0.2) is 4.79 Å². The highest BCUT2D eigenvalue weighted by Gasteiger charge is 2.21. The Morgan fingerprint density at radius 1 is 1.43 bits per heavy atom. The fourth-order valence-electron chi connectivity index (χ4n) is 2.98. The third kappa shape index (κ3) is 3.16. The van der Waals surface area contributed by atoms with E-state index in [1.807, 2.05) is 0 Å². The lowest BCUT2D eigenvalue weighted by Crippen LogP contribution is -2.33. The van der Waals surface area contributed by atoms with Gasteiger partial charge in [-0.25, -0.2) is 9.78 Å². The number of rotatable bonds is 3. The van der Waals surface area contributed by atoms with Crippen molar-refractivity contribution in [3.05, 3.63) is 26.6 Å². The molecule has 0 unspecified atom stereocenters. The minimum Gasteiger partial charge on any atom is -0.465 e. The SMILES string of the molecule is COC(=O)c1sc2nc(CN3CCC(C)CC3)[nH]c(=O)c2c1C. The van der Waals surface area contributed by atoms with Crippen molar-refractivity contribution in [2.45, 2.75) is 33.2 Å². The maximum Gasteiger partial charge on any atom is 0.348 e. The van der Waals surface area contributed by atoms with Crippen LogP contribution in [0, 0.1) is 12.8 Å². The number of methoxy groups -OCH3 is 1. The van der Waals surface area contributed by atoms with Crippen LogP contribution in [0.25, 0.3) is 10.2 Å². The summed E-state index contributed by atoms with van der Waals surface area (Å²) in [6, 6.07) is 0. The Labute approximate surface area is 138 Å². The number of esters is 1. The van der Waals surface area contributed by atoms with Gasteiger partial charge in [0.05, 0.1) is 19.0 Å². The van der Waals surface area contributed by atoms with Crippen LogP contribution in [0.2, 0.25) is 0 Å². The lowest BCUT2D eigenvalue weighted by molar-refractivity contribution is 0.0605. The number of likely N-dealkylation sites (tertiary alicyclic amines) is 1. The van der Waals surface area contributed by atoms with Gasteiger partial charge in [0.15, 0.2) is 0 Å². The summed E-state index contributed by atoms with van der Waals surface area (Å²) in [5, 5.41) is 0.492. The number of piperidine rings is 1. The number of hydrogen-bond donors (Lipinski definition) is 1. The van der Waals surface area contributed by atoms with Crippen molar-refractivity contribution >= 4 is 27.5 Å². The Morgan fingerprint density at radius 3 is 2.78 bits per heavy atom. The van der Waals surface area contributed by atoms with E-state index in [-0.39, 0.29) is 5.56 Å². The summed E-state index contributed by atoms with van der Waals surface area (Å²) >= 11 is 1.22. The summed E-state index contributed by atoms with van der Waals surface area (Å²) in [5.41, 5.74) is 0.461. The van der Waals surface area contributed by atoms with Gasteiger partial charge in [0.1, 0.15) is 15.5 Å². The number of nitrogens with one attached hydrogen (secondary N) is 1. The third-order valence-corrected chi connectivity index (χ3v) is 5.64. The molecule has 1 saturated heterocycles. The van der Waals surface area contributed by atoms with Gasteiger partial charge in [0, 0.05) is 0 Å². The molecule has 124 valence electrons. The first kappa shape index (κ1) is 16.1. The molecule has 3 heterocycles. The summed E-state index contributed by atoms with van der Waals surface area (Å²) < 4.78 is 4.77. The van der Waals surface area contributed by atoms with Crippen LogP contribution in [-0.2, 0) is 11.3 Å². The lowest BCUT2D eigenvalue weighted by Gasteiger charge is -2.29. The van der Waals surface area contributed by atoms with Crippen LogP contribution < -0.4 is 5.56 Å². The molecule has 3 rings (SSSR count). The summed E-state index contributed by atoms with van der Waals surface area (Å²) in [4.78, 5) is 35.0. The van der Waals surface area contributed by atoms with Crippen LogP contribution in [0.3, 0.4) is 0 Å². The predicted molar refractivity (Wildman–Crippen MR) is 90.0 cm³/mol. The number of H-pyrrole nitrogens is 1. The minimum atomic E-state index is -0.420. The number of carbonyl (C=O) groups is 1. The number of aryl methyl sites for hydroxylation is 1. The zero-order chi connectivity index (χ0) is 16.6. The number of nitrogens with zero attached hydrogens (tertiary/aromatic N) is 2. The van der Waals surface area contributed by atoms with E-state index in [4.69, 9.17) is 4.74 Å². The van der Waals surface area contributed by atoms with Gasteiger partial charge in [0.2, 0.25) is 0 Å². The normalized spacial score (nSPS) is 16.8. The molecule has 0 aromatic carbocycles. The molecular formula is C16H21N3O3S. The van der Waals surface area contributed by atoms with Gasteiger partial charge in [0.25, 0.3) is 5.56 Å². The molecule has 0 spiro atoms. The van der Waals surface area contributed by atoms with Crippen LogP contribution in [0.1, 0.15) is 40.8 Å². The number of aromatic amines is 1. The Morgan fingerprint density at radius 2 is 2.13 bits per heavy atom. The Bertz CT molecular complexity index is 788. The summed E-state index contributed by atoms with van der Waals surface area (Å²) in [7, 11) is 1.34. The molecule has 0 aliphatic carbocycles. The molecule has 1 aliphatic rings. The van der Waals surface area contributed by atoms with Crippen molar-refractivity contribution in [2.24, 2.45) is 5.92 Å². The first-order chi connectivity index (χ1) is 11.0. The number of aromatic nitrogens is 2. The third-order valence-electron chi connectivity index (χ3n) is 4.47. The van der Waals surface area contributed by atoms with E-state index in [1.165, 1.54) is 31.3 Å². The molecule has 0 atom stereocenters. The molecule has 23 heavy (non-hydrogen) atoms. The first-order valence-electron chi connectivity index (χ1n) is 7.82. The van der Waals surface area contributed by atoms with Gasteiger partial charge < -0.3 is 9.72 Å². The van der Waals surface area contributed by atoms with Crippen molar-refractivity contribution in [1.82, 2.24) is 14.9 Å². The lowest BCUT2D eigenvalue weighted by atomic mass is 9.99. The van der Waals surface area contributed by atoms with Gasteiger partial charge >= 0.3 is 5.97 Å². The van der Waals surface area contributed by atoms with Gasteiger partial charge in [-0.1, -0.05) is 6.92 Å². The minimum absolute atomic E-state index is 0.181. The monoisotopic (exact) mass is 335 g/mol. The zero-order valence-corrected chi connectivity index (χ0v) is 14.5. The number of hydrogen-bond acceptors (Lipinski definition) is 6. The topological polar surface area (TPSA) is 75.3 Å². The molecule has 2 aromatic rings. The van der Waals surface area contributed by atoms with E-state index in [2.05, 4.69) is 21.8 Å². The van der Waals surface area contributed by atoms with Gasteiger partial charge in [-0.3, -0.25) is 9.69 Å². The smallest absolute Gasteiger partial charge is 0.348 e. The highest BCUT2D eigenvalue weighted by atomic mass is 32.1. The van der Waals surface area contributed by atoms with E-state index in [9.17, 15) is 9.59 Å². The highest BCUT2D eigenvalue weighted by Crippen LogP contribution is 2.27. The first-order valence-corrected chi connectivity index (χ1v) is 8.64. The van der Waals surface area contributed by atoms with Crippen molar-refractivity contribution in [2.75, 3.05) is 20.2 Å². The second kappa shape index (κ2) is 6.41. The second-order valence-corrected chi connectivity index (χ2v) is 7.20. The number of fused-ring (bicyclic) bond motifs is 1. The number of carbonyl (C=O) groups excluding carboxylic acids is 1. The second-order valence-electron chi connectivity index (χ2n) is 6.20. The fraction of sp³-hybridized carbons (Fsp3) is 0.562. The van der Waals surface area contributed by atoms with E-state index < -0.39 is 5.97 Å². The van der Waals surface area contributed by atoms with E-state index >= 15 is 0 Å². The van der Waals surface area contributed by atoms with Crippen LogP contribution >= 0.6 is 11.3 Å².